The topological polar surface area (TPSA) is 76.1 Å². The minimum atomic E-state index is -0.858. The van der Waals surface area contributed by atoms with E-state index >= 15 is 0 Å². The van der Waals surface area contributed by atoms with Crippen molar-refractivity contribution in [3.05, 3.63) is 94.6 Å². The molecule has 3 aromatic rings. The van der Waals surface area contributed by atoms with Gasteiger partial charge in [-0.15, -0.1) is 0 Å². The van der Waals surface area contributed by atoms with Crippen LogP contribution in [0.5, 0.6) is 11.5 Å². The van der Waals surface area contributed by atoms with E-state index in [0.717, 1.165) is 17.5 Å². The highest BCUT2D eigenvalue weighted by Gasteiger charge is 2.48. The molecule has 1 N–H and O–H groups in total. The second kappa shape index (κ2) is 10.1. The molecule has 0 aromatic heterocycles. The Bertz CT molecular complexity index is 1290. The van der Waals surface area contributed by atoms with E-state index in [2.05, 4.69) is 0 Å². The van der Waals surface area contributed by atoms with E-state index in [1.54, 1.807) is 36.4 Å². The smallest absolute Gasteiger partial charge is 0.300 e. The number of ketones is 1. The molecular weight excluding hydrogens is 442 g/mol. The fourth-order valence-corrected chi connectivity index (χ4v) is 4.43. The average molecular weight is 472 g/mol. The van der Waals surface area contributed by atoms with Gasteiger partial charge >= 0.3 is 0 Å². The number of para-hydroxylation sites is 1. The van der Waals surface area contributed by atoms with Crippen LogP contribution in [0.1, 0.15) is 41.6 Å². The third-order valence-electron chi connectivity index (χ3n) is 6.09. The summed E-state index contributed by atoms with van der Waals surface area (Å²) in [5.74, 6) is -0.501. The maximum atomic E-state index is 13.4. The summed E-state index contributed by atoms with van der Waals surface area (Å²) >= 11 is 0. The predicted octanol–water partition coefficient (Wildman–Crippen LogP) is 5.73. The van der Waals surface area contributed by atoms with E-state index in [1.165, 1.54) is 12.0 Å². The summed E-state index contributed by atoms with van der Waals surface area (Å²) in [7, 11) is 1.54. The van der Waals surface area contributed by atoms with Crippen LogP contribution in [-0.4, -0.2) is 30.5 Å². The molecule has 1 heterocycles. The molecule has 1 amide bonds. The Morgan fingerprint density at radius 3 is 2.37 bits per heavy atom. The van der Waals surface area contributed by atoms with Crippen molar-refractivity contribution < 1.29 is 24.2 Å². The van der Waals surface area contributed by atoms with Crippen LogP contribution in [0.2, 0.25) is 0 Å². The van der Waals surface area contributed by atoms with Crippen LogP contribution in [0.15, 0.2) is 72.3 Å². The number of aryl methyl sites for hydroxylation is 2. The molecule has 6 nitrogen and oxygen atoms in total. The van der Waals surface area contributed by atoms with E-state index in [-0.39, 0.29) is 11.3 Å². The Balaban J connectivity index is 1.91. The number of nitrogens with zero attached hydrogens (tertiary/aromatic N) is 1. The van der Waals surface area contributed by atoms with Gasteiger partial charge in [0.1, 0.15) is 17.3 Å². The number of ether oxygens (including phenoxy) is 2. The molecule has 3 aromatic carbocycles. The van der Waals surface area contributed by atoms with Crippen LogP contribution in [0.25, 0.3) is 5.76 Å². The molecule has 1 fully saturated rings. The number of amides is 1. The van der Waals surface area contributed by atoms with Gasteiger partial charge < -0.3 is 14.6 Å². The van der Waals surface area contributed by atoms with Gasteiger partial charge in [0.15, 0.2) is 0 Å². The van der Waals surface area contributed by atoms with Crippen molar-refractivity contribution in [3.8, 4) is 11.5 Å². The first-order valence-corrected chi connectivity index (χ1v) is 11.6. The number of anilines is 1. The fraction of sp³-hybridized carbons (Fsp3) is 0.241. The van der Waals surface area contributed by atoms with Crippen molar-refractivity contribution in [1.82, 2.24) is 0 Å². The zero-order valence-corrected chi connectivity index (χ0v) is 20.4. The number of methoxy groups -OCH3 is 1. The van der Waals surface area contributed by atoms with Crippen molar-refractivity contribution in [2.75, 3.05) is 18.6 Å². The van der Waals surface area contributed by atoms with Crippen LogP contribution in [0.3, 0.4) is 0 Å². The van der Waals surface area contributed by atoms with Gasteiger partial charge in [0.05, 0.1) is 25.3 Å². The van der Waals surface area contributed by atoms with Gasteiger partial charge in [-0.3, -0.25) is 14.5 Å². The molecule has 1 aliphatic heterocycles. The summed E-state index contributed by atoms with van der Waals surface area (Å²) in [6.45, 7) is 6.47. The number of rotatable bonds is 7. The van der Waals surface area contributed by atoms with Gasteiger partial charge in [-0.25, -0.2) is 0 Å². The van der Waals surface area contributed by atoms with Gasteiger partial charge in [0.25, 0.3) is 11.7 Å². The second-order valence-electron chi connectivity index (χ2n) is 8.57. The Morgan fingerprint density at radius 2 is 1.71 bits per heavy atom. The molecule has 0 bridgehead atoms. The zero-order valence-electron chi connectivity index (χ0n) is 20.4. The summed E-state index contributed by atoms with van der Waals surface area (Å²) in [6.07, 6.45) is 0.877. The summed E-state index contributed by atoms with van der Waals surface area (Å²) in [4.78, 5) is 28.3. The monoisotopic (exact) mass is 471 g/mol. The molecule has 4 rings (SSSR count). The normalized spacial score (nSPS) is 17.0. The molecule has 0 radical (unpaired) electrons. The van der Waals surface area contributed by atoms with E-state index < -0.39 is 17.7 Å². The number of carbonyl (C=O) groups is 2. The third kappa shape index (κ3) is 4.52. The van der Waals surface area contributed by atoms with Crippen molar-refractivity contribution >= 4 is 23.1 Å². The van der Waals surface area contributed by atoms with Crippen LogP contribution in [0.4, 0.5) is 5.69 Å². The Hall–Kier alpha value is -4.06. The maximum Gasteiger partial charge on any atom is 0.300 e. The average Bonchev–Trinajstić information content (AvgIpc) is 3.12. The van der Waals surface area contributed by atoms with Gasteiger partial charge in [0.2, 0.25) is 0 Å². The quantitative estimate of drug-likeness (QED) is 0.271. The highest BCUT2D eigenvalue weighted by Crippen LogP contribution is 2.45. The largest absolute Gasteiger partial charge is 0.507 e. The molecule has 1 saturated heterocycles. The van der Waals surface area contributed by atoms with E-state index in [4.69, 9.17) is 9.47 Å². The maximum absolute atomic E-state index is 13.4. The van der Waals surface area contributed by atoms with Gasteiger partial charge in [-0.05, 0) is 62.2 Å². The standard InChI is InChI=1S/C29H29NO5/c1-5-16-35-21-13-11-20(12-14-21)27(31)25-26(22-8-6-7-9-24(22)34-4)30(29(33)28(25)32)23-15-10-18(2)17-19(23)3/h6-15,17,26,31H,5,16H2,1-4H3/b27-25+. The molecule has 180 valence electrons. The third-order valence-corrected chi connectivity index (χ3v) is 6.09. The van der Waals surface area contributed by atoms with Gasteiger partial charge in [0, 0.05) is 16.8 Å². The lowest BCUT2D eigenvalue weighted by Crippen LogP contribution is -2.30. The van der Waals surface area contributed by atoms with Gasteiger partial charge in [-0.1, -0.05) is 42.8 Å². The van der Waals surface area contributed by atoms with Crippen molar-refractivity contribution in [3.63, 3.8) is 0 Å². The first-order valence-electron chi connectivity index (χ1n) is 11.6. The van der Waals surface area contributed by atoms with Crippen LogP contribution in [0, 0.1) is 13.8 Å². The minimum Gasteiger partial charge on any atom is -0.507 e. The number of hydrogen-bond donors (Lipinski definition) is 1. The highest BCUT2D eigenvalue weighted by atomic mass is 16.5. The summed E-state index contributed by atoms with van der Waals surface area (Å²) in [6, 6.07) is 18.9. The Morgan fingerprint density at radius 1 is 1.00 bits per heavy atom. The second-order valence-corrected chi connectivity index (χ2v) is 8.57. The lowest BCUT2D eigenvalue weighted by molar-refractivity contribution is -0.132. The molecule has 0 spiro atoms. The van der Waals surface area contributed by atoms with Gasteiger partial charge in [-0.2, -0.15) is 0 Å². The zero-order chi connectivity index (χ0) is 25.1. The molecule has 6 heteroatoms. The van der Waals surface area contributed by atoms with E-state index in [0.29, 0.717) is 34.9 Å². The summed E-state index contributed by atoms with van der Waals surface area (Å²) in [5, 5.41) is 11.3. The van der Waals surface area contributed by atoms with Crippen LogP contribution >= 0.6 is 0 Å². The number of aliphatic hydroxyl groups is 1. The number of aliphatic hydroxyl groups excluding tert-OH is 1. The molecule has 1 aliphatic rings. The van der Waals surface area contributed by atoms with Crippen molar-refractivity contribution in [1.29, 1.82) is 0 Å². The summed E-state index contributed by atoms with van der Waals surface area (Å²) < 4.78 is 11.2. The first-order chi connectivity index (χ1) is 16.9. The lowest BCUT2D eigenvalue weighted by Gasteiger charge is -2.28. The Labute approximate surface area is 205 Å². The number of benzene rings is 3. The molecule has 0 saturated carbocycles. The first kappa shape index (κ1) is 24.1. The SMILES string of the molecule is CCCOc1ccc(/C(O)=C2\C(=O)C(=O)N(c3ccc(C)cc3C)C2c2ccccc2OC)cc1. The molecule has 0 aliphatic carbocycles. The Kier molecular flexibility index (Phi) is 6.92. The van der Waals surface area contributed by atoms with E-state index in [1.807, 2.05) is 51.1 Å². The number of Topliss-reactive ketones (excluding diaryl/α,β-unsaturated/α-hetero) is 1. The van der Waals surface area contributed by atoms with E-state index in [9.17, 15) is 14.7 Å². The molecule has 35 heavy (non-hydrogen) atoms. The summed E-state index contributed by atoms with van der Waals surface area (Å²) in [5.41, 5.74) is 3.55. The predicted molar refractivity (Wildman–Crippen MR) is 136 cm³/mol. The van der Waals surface area contributed by atoms with Crippen LogP contribution in [-0.2, 0) is 9.59 Å². The molecule has 1 unspecified atom stereocenters. The van der Waals surface area contributed by atoms with Crippen LogP contribution < -0.4 is 14.4 Å². The lowest BCUT2D eigenvalue weighted by atomic mass is 9.94. The van der Waals surface area contributed by atoms with Crippen molar-refractivity contribution in [2.24, 2.45) is 0 Å². The molecule has 1 atom stereocenters. The van der Waals surface area contributed by atoms with Crippen molar-refractivity contribution in [2.45, 2.75) is 33.2 Å². The number of carbonyl (C=O) groups excluding carboxylic acids is 2. The number of hydrogen-bond acceptors (Lipinski definition) is 5. The fourth-order valence-electron chi connectivity index (χ4n) is 4.43. The highest BCUT2D eigenvalue weighted by molar-refractivity contribution is 6.51. The molecular formula is C29H29NO5. The minimum absolute atomic E-state index is 0.0155.